The fourth-order valence-corrected chi connectivity index (χ4v) is 7.34. The summed E-state index contributed by atoms with van der Waals surface area (Å²) < 4.78 is 63.5. The van der Waals surface area contributed by atoms with Gasteiger partial charge < -0.3 is 4.90 Å². The zero-order valence-corrected chi connectivity index (χ0v) is 18.2. The Labute approximate surface area is 176 Å². The molecule has 0 bridgehead atoms. The van der Waals surface area contributed by atoms with Crippen molar-refractivity contribution in [1.29, 1.82) is 0 Å². The molecule has 1 atom stereocenters. The molecule has 1 amide bonds. The predicted molar refractivity (Wildman–Crippen MR) is 109 cm³/mol. The van der Waals surface area contributed by atoms with Crippen molar-refractivity contribution in [2.24, 2.45) is 0 Å². The molecule has 8 nitrogen and oxygen atoms in total. The van der Waals surface area contributed by atoms with Gasteiger partial charge in [-0.25, -0.2) is 21.2 Å². The molecule has 3 fully saturated rings. The Bertz CT molecular complexity index is 1000. The molecule has 1 saturated carbocycles. The summed E-state index contributed by atoms with van der Waals surface area (Å²) in [5.41, 5.74) is 0. The molecule has 2 saturated heterocycles. The van der Waals surface area contributed by atoms with Crippen molar-refractivity contribution in [2.45, 2.75) is 36.2 Å². The summed E-state index contributed by atoms with van der Waals surface area (Å²) in [6.45, 7) is 1.47. The van der Waals surface area contributed by atoms with Gasteiger partial charge in [0.2, 0.25) is 15.9 Å². The Balaban J connectivity index is 1.35. The number of benzene rings is 1. The number of carbonyl (C=O) groups excluding carboxylic acids is 1. The molecule has 0 radical (unpaired) electrons. The third-order valence-electron chi connectivity index (χ3n) is 5.97. The van der Waals surface area contributed by atoms with Gasteiger partial charge in [-0.1, -0.05) is 0 Å². The third-order valence-corrected chi connectivity index (χ3v) is 9.63. The predicted octanol–water partition coefficient (Wildman–Crippen LogP) is 0.310. The van der Waals surface area contributed by atoms with Gasteiger partial charge in [0.05, 0.1) is 22.9 Å². The number of carbonyl (C=O) groups is 1. The van der Waals surface area contributed by atoms with Crippen molar-refractivity contribution < 1.29 is 26.0 Å². The van der Waals surface area contributed by atoms with Crippen LogP contribution < -0.4 is 0 Å². The first-order valence-electron chi connectivity index (χ1n) is 10.2. The molecule has 30 heavy (non-hydrogen) atoms. The van der Waals surface area contributed by atoms with Crippen LogP contribution in [0.4, 0.5) is 4.39 Å². The molecule has 1 aromatic carbocycles. The fourth-order valence-electron chi connectivity index (χ4n) is 4.21. The fraction of sp³-hybridized carbons (Fsp3) is 0.632. The summed E-state index contributed by atoms with van der Waals surface area (Å²) in [4.78, 5) is 16.7. The number of sulfone groups is 1. The molecule has 1 aromatic rings. The Kier molecular flexibility index (Phi) is 5.90. The van der Waals surface area contributed by atoms with Crippen LogP contribution in [0.5, 0.6) is 0 Å². The van der Waals surface area contributed by atoms with E-state index in [1.165, 1.54) is 16.4 Å². The Morgan fingerprint density at radius 3 is 2.20 bits per heavy atom. The highest BCUT2D eigenvalue weighted by molar-refractivity contribution is 7.91. The number of sulfonamides is 1. The first-order valence-corrected chi connectivity index (χ1v) is 13.4. The highest BCUT2D eigenvalue weighted by Crippen LogP contribution is 2.32. The number of amides is 1. The summed E-state index contributed by atoms with van der Waals surface area (Å²) in [6, 6.07) is 4.65. The first kappa shape index (κ1) is 21.7. The molecule has 11 heteroatoms. The molecule has 0 unspecified atom stereocenters. The average molecular weight is 460 g/mol. The Hall–Kier alpha value is -1.56. The van der Waals surface area contributed by atoms with Crippen molar-refractivity contribution >= 4 is 25.8 Å². The zero-order valence-electron chi connectivity index (χ0n) is 16.6. The SMILES string of the molecule is O=C(CN1CCN(S(=O)(=O)c2ccc(F)cc2)CC1)N(C1CC1)[C@@H]1CCS(=O)(=O)C1. The van der Waals surface area contributed by atoms with Crippen molar-refractivity contribution in [3.8, 4) is 0 Å². The van der Waals surface area contributed by atoms with Crippen molar-refractivity contribution in [1.82, 2.24) is 14.1 Å². The topological polar surface area (TPSA) is 95.1 Å². The number of piperazine rings is 1. The quantitative estimate of drug-likeness (QED) is 0.608. The molecule has 0 N–H and O–H groups in total. The minimum Gasteiger partial charge on any atom is -0.335 e. The lowest BCUT2D eigenvalue weighted by Crippen LogP contribution is -2.53. The largest absolute Gasteiger partial charge is 0.335 e. The van der Waals surface area contributed by atoms with Gasteiger partial charge in [-0.15, -0.1) is 0 Å². The normalized spacial score (nSPS) is 25.3. The van der Waals surface area contributed by atoms with E-state index in [2.05, 4.69) is 0 Å². The second kappa shape index (κ2) is 8.18. The Morgan fingerprint density at radius 1 is 1.03 bits per heavy atom. The van der Waals surface area contributed by atoms with Gasteiger partial charge in [0.15, 0.2) is 9.84 Å². The maximum absolute atomic E-state index is 13.1. The number of nitrogens with zero attached hydrogens (tertiary/aromatic N) is 3. The van der Waals surface area contributed by atoms with E-state index >= 15 is 0 Å². The van der Waals surface area contributed by atoms with Gasteiger partial charge >= 0.3 is 0 Å². The van der Waals surface area contributed by atoms with Crippen molar-refractivity contribution in [2.75, 3.05) is 44.2 Å². The van der Waals surface area contributed by atoms with Crippen LogP contribution >= 0.6 is 0 Å². The first-order chi connectivity index (χ1) is 14.2. The van der Waals surface area contributed by atoms with Crippen LogP contribution in [0.25, 0.3) is 0 Å². The van der Waals surface area contributed by atoms with Crippen LogP contribution in [-0.4, -0.2) is 93.2 Å². The lowest BCUT2D eigenvalue weighted by Gasteiger charge is -2.36. The van der Waals surface area contributed by atoms with E-state index in [1.54, 1.807) is 4.90 Å². The van der Waals surface area contributed by atoms with Crippen LogP contribution in [0.3, 0.4) is 0 Å². The second-order valence-corrected chi connectivity index (χ2v) is 12.4. The third kappa shape index (κ3) is 4.68. The van der Waals surface area contributed by atoms with Crippen LogP contribution in [0, 0.1) is 5.82 Å². The lowest BCUT2D eigenvalue weighted by atomic mass is 10.2. The highest BCUT2D eigenvalue weighted by atomic mass is 32.2. The maximum Gasteiger partial charge on any atom is 0.243 e. The molecule has 1 aliphatic carbocycles. The van der Waals surface area contributed by atoms with Crippen molar-refractivity contribution in [3.63, 3.8) is 0 Å². The molecule has 3 aliphatic rings. The van der Waals surface area contributed by atoms with Gasteiger partial charge in [0.1, 0.15) is 5.82 Å². The van der Waals surface area contributed by atoms with Gasteiger partial charge in [-0.3, -0.25) is 9.69 Å². The minimum absolute atomic E-state index is 0.0406. The second-order valence-electron chi connectivity index (χ2n) is 8.22. The van der Waals surface area contributed by atoms with Gasteiger partial charge in [0.25, 0.3) is 0 Å². The summed E-state index contributed by atoms with van der Waals surface area (Å²) in [6.07, 6.45) is 2.31. The van der Waals surface area contributed by atoms with E-state index in [-0.39, 0.29) is 54.0 Å². The average Bonchev–Trinajstić information content (AvgIpc) is 3.45. The summed E-state index contributed by atoms with van der Waals surface area (Å²) >= 11 is 0. The van der Waals surface area contributed by atoms with Gasteiger partial charge in [-0.2, -0.15) is 4.31 Å². The molecular weight excluding hydrogens is 433 g/mol. The lowest BCUT2D eigenvalue weighted by molar-refractivity contribution is -0.135. The number of halogens is 1. The molecule has 4 rings (SSSR count). The number of hydrogen-bond acceptors (Lipinski definition) is 6. The van der Waals surface area contributed by atoms with E-state index < -0.39 is 25.7 Å². The monoisotopic (exact) mass is 459 g/mol. The van der Waals surface area contributed by atoms with E-state index in [0.29, 0.717) is 19.5 Å². The van der Waals surface area contributed by atoms with E-state index in [4.69, 9.17) is 0 Å². The summed E-state index contributed by atoms with van der Waals surface area (Å²) in [5, 5.41) is 0. The maximum atomic E-state index is 13.1. The zero-order chi connectivity index (χ0) is 21.5. The standard InChI is InChI=1S/C19H26FN3O5S2/c20-15-1-5-18(6-2-15)30(27,28)22-10-8-21(9-11-22)13-19(24)23(16-3-4-16)17-7-12-29(25,26)14-17/h1-2,5-6,16-17H,3-4,7-14H2/t17-/m1/s1. The smallest absolute Gasteiger partial charge is 0.243 e. The number of hydrogen-bond donors (Lipinski definition) is 0. The van der Waals surface area contributed by atoms with Crippen LogP contribution in [0.1, 0.15) is 19.3 Å². The number of rotatable bonds is 6. The van der Waals surface area contributed by atoms with Crippen LogP contribution in [0.15, 0.2) is 29.2 Å². The molecule has 166 valence electrons. The van der Waals surface area contributed by atoms with E-state index in [0.717, 1.165) is 25.0 Å². The highest BCUT2D eigenvalue weighted by Gasteiger charge is 2.42. The summed E-state index contributed by atoms with van der Waals surface area (Å²) in [5.74, 6) is -0.394. The Morgan fingerprint density at radius 2 is 1.67 bits per heavy atom. The van der Waals surface area contributed by atoms with Crippen molar-refractivity contribution in [3.05, 3.63) is 30.1 Å². The van der Waals surface area contributed by atoms with E-state index in [1.807, 2.05) is 4.90 Å². The van der Waals surface area contributed by atoms with Crippen LogP contribution in [-0.2, 0) is 24.7 Å². The van der Waals surface area contributed by atoms with Gasteiger partial charge in [-0.05, 0) is 43.5 Å². The summed E-state index contributed by atoms with van der Waals surface area (Å²) in [7, 11) is -6.77. The van der Waals surface area contributed by atoms with E-state index in [9.17, 15) is 26.0 Å². The molecule has 0 spiro atoms. The van der Waals surface area contributed by atoms with Gasteiger partial charge in [0, 0.05) is 38.3 Å². The molecule has 0 aromatic heterocycles. The van der Waals surface area contributed by atoms with Crippen LogP contribution in [0.2, 0.25) is 0 Å². The molecule has 2 heterocycles. The molecular formula is C19H26FN3O5S2. The minimum atomic E-state index is -3.70. The molecule has 2 aliphatic heterocycles.